The Labute approximate surface area is 283 Å². The minimum absolute atomic E-state index is 0.719. The summed E-state index contributed by atoms with van der Waals surface area (Å²) in [5.41, 5.74) is 9.88. The van der Waals surface area contributed by atoms with Crippen molar-refractivity contribution in [2.24, 2.45) is 4.99 Å². The van der Waals surface area contributed by atoms with Gasteiger partial charge in [0.05, 0.1) is 27.1 Å². The summed E-state index contributed by atoms with van der Waals surface area (Å²) in [5.74, 6) is 0. The Hall–Kier alpha value is -4.25. The van der Waals surface area contributed by atoms with Crippen LogP contribution < -0.4 is 9.80 Å². The number of allylic oxidation sites excluding steroid dienone is 2. The van der Waals surface area contributed by atoms with E-state index in [9.17, 15) is 0 Å². The molecular formula is C41H40ClN3S. The first kappa shape index (κ1) is 31.7. The molecule has 232 valence electrons. The van der Waals surface area contributed by atoms with Crippen LogP contribution in [0.2, 0.25) is 5.02 Å². The lowest BCUT2D eigenvalue weighted by atomic mass is 10.0. The molecule has 0 amide bonds. The van der Waals surface area contributed by atoms with Gasteiger partial charge < -0.3 is 9.80 Å². The van der Waals surface area contributed by atoms with Gasteiger partial charge >= 0.3 is 0 Å². The Bertz CT molecular complexity index is 1850. The average molecular weight is 642 g/mol. The molecule has 0 saturated carbocycles. The van der Waals surface area contributed by atoms with Gasteiger partial charge in [0.25, 0.3) is 0 Å². The first-order valence-corrected chi connectivity index (χ1v) is 17.3. The number of thioether (sulfide) groups is 1. The SMILES string of the molecule is CC/C(=N\c1ccccc1C)Sc1ccc(N(c2ccccc2)c2cccc(N(C3=CCCCC3)c3ccccc3)c2Cl)cc1C. The van der Waals surface area contributed by atoms with Crippen LogP contribution in [0.25, 0.3) is 0 Å². The Balaban J connectivity index is 1.41. The highest BCUT2D eigenvalue weighted by Gasteiger charge is 2.24. The number of nitrogens with zero attached hydrogens (tertiary/aromatic N) is 3. The molecule has 0 N–H and O–H groups in total. The molecule has 0 unspecified atom stereocenters. The van der Waals surface area contributed by atoms with Gasteiger partial charge in [-0.15, -0.1) is 0 Å². The van der Waals surface area contributed by atoms with Gasteiger partial charge in [0.1, 0.15) is 0 Å². The maximum Gasteiger partial charge on any atom is 0.0886 e. The molecule has 5 aromatic carbocycles. The molecule has 1 aliphatic carbocycles. The van der Waals surface area contributed by atoms with E-state index >= 15 is 0 Å². The molecule has 0 atom stereocenters. The number of aryl methyl sites for hydroxylation is 2. The van der Waals surface area contributed by atoms with E-state index in [0.29, 0.717) is 0 Å². The molecule has 1 aliphatic rings. The van der Waals surface area contributed by atoms with Crippen molar-refractivity contribution in [2.75, 3.05) is 9.80 Å². The largest absolute Gasteiger partial charge is 0.313 e. The monoisotopic (exact) mass is 641 g/mol. The summed E-state index contributed by atoms with van der Waals surface area (Å²) < 4.78 is 0. The second-order valence-electron chi connectivity index (χ2n) is 11.6. The third-order valence-electron chi connectivity index (χ3n) is 8.33. The lowest BCUT2D eigenvalue weighted by molar-refractivity contribution is 0.691. The van der Waals surface area contributed by atoms with E-state index in [0.717, 1.165) is 63.5 Å². The Morgan fingerprint density at radius 1 is 0.696 bits per heavy atom. The molecule has 0 saturated heterocycles. The molecule has 0 aromatic heterocycles. The van der Waals surface area contributed by atoms with Crippen molar-refractivity contribution in [1.29, 1.82) is 0 Å². The van der Waals surface area contributed by atoms with E-state index in [-0.39, 0.29) is 0 Å². The second kappa shape index (κ2) is 14.9. The van der Waals surface area contributed by atoms with Crippen LogP contribution in [0.5, 0.6) is 0 Å². The topological polar surface area (TPSA) is 18.8 Å². The summed E-state index contributed by atoms with van der Waals surface area (Å²) in [5, 5.41) is 1.82. The van der Waals surface area contributed by atoms with Gasteiger partial charge in [0.2, 0.25) is 0 Å². The average Bonchev–Trinajstić information content (AvgIpc) is 3.09. The van der Waals surface area contributed by atoms with Crippen molar-refractivity contribution in [2.45, 2.75) is 57.8 Å². The first-order chi connectivity index (χ1) is 22.5. The number of hydrogen-bond acceptors (Lipinski definition) is 4. The van der Waals surface area contributed by atoms with Crippen LogP contribution in [0.3, 0.4) is 0 Å². The number of benzene rings is 5. The highest BCUT2D eigenvalue weighted by molar-refractivity contribution is 8.14. The Morgan fingerprint density at radius 2 is 1.35 bits per heavy atom. The highest BCUT2D eigenvalue weighted by Crippen LogP contribution is 2.46. The fourth-order valence-electron chi connectivity index (χ4n) is 5.93. The fraction of sp³-hybridized carbons (Fsp3) is 0.195. The van der Waals surface area contributed by atoms with Gasteiger partial charge in [-0.2, -0.15) is 0 Å². The Kier molecular flexibility index (Phi) is 10.3. The molecule has 0 heterocycles. The molecule has 0 radical (unpaired) electrons. The summed E-state index contributed by atoms with van der Waals surface area (Å²) in [6.07, 6.45) is 7.77. The zero-order valence-electron chi connectivity index (χ0n) is 26.8. The van der Waals surface area contributed by atoms with Crippen LogP contribution in [-0.4, -0.2) is 5.04 Å². The number of rotatable bonds is 9. The van der Waals surface area contributed by atoms with Crippen LogP contribution >= 0.6 is 23.4 Å². The maximum atomic E-state index is 7.49. The van der Waals surface area contributed by atoms with E-state index in [1.54, 1.807) is 11.8 Å². The predicted octanol–water partition coefficient (Wildman–Crippen LogP) is 13.3. The molecule has 5 aromatic rings. The molecule has 0 aliphatic heterocycles. The van der Waals surface area contributed by atoms with E-state index in [4.69, 9.17) is 16.6 Å². The van der Waals surface area contributed by atoms with Crippen molar-refractivity contribution in [3.63, 3.8) is 0 Å². The smallest absolute Gasteiger partial charge is 0.0886 e. The summed E-state index contributed by atoms with van der Waals surface area (Å²) >= 11 is 9.23. The van der Waals surface area contributed by atoms with Crippen molar-refractivity contribution in [3.05, 3.63) is 149 Å². The highest BCUT2D eigenvalue weighted by atomic mass is 35.5. The van der Waals surface area contributed by atoms with Crippen LogP contribution in [0.15, 0.2) is 143 Å². The first-order valence-electron chi connectivity index (χ1n) is 16.1. The van der Waals surface area contributed by atoms with Crippen molar-refractivity contribution < 1.29 is 0 Å². The van der Waals surface area contributed by atoms with Gasteiger partial charge in [0.15, 0.2) is 0 Å². The Morgan fingerprint density at radius 3 is 1.98 bits per heavy atom. The van der Waals surface area contributed by atoms with Crippen molar-refractivity contribution >= 4 is 62.5 Å². The van der Waals surface area contributed by atoms with Crippen LogP contribution in [0, 0.1) is 13.8 Å². The molecule has 6 rings (SSSR count). The quantitative estimate of drug-likeness (QED) is 0.0906. The minimum Gasteiger partial charge on any atom is -0.313 e. The summed E-state index contributed by atoms with van der Waals surface area (Å²) in [4.78, 5) is 10.8. The van der Waals surface area contributed by atoms with Gasteiger partial charge in [-0.1, -0.05) is 97.0 Å². The third kappa shape index (κ3) is 7.09. The zero-order valence-corrected chi connectivity index (χ0v) is 28.4. The lowest BCUT2D eigenvalue weighted by Gasteiger charge is -2.33. The van der Waals surface area contributed by atoms with Gasteiger partial charge in [0, 0.05) is 27.7 Å². The molecule has 0 bridgehead atoms. The molecule has 46 heavy (non-hydrogen) atoms. The second-order valence-corrected chi connectivity index (χ2v) is 13.1. The number of halogens is 1. The van der Waals surface area contributed by atoms with Crippen LogP contribution in [-0.2, 0) is 0 Å². The van der Waals surface area contributed by atoms with Crippen LogP contribution in [0.4, 0.5) is 34.1 Å². The summed E-state index contributed by atoms with van der Waals surface area (Å²) in [6.45, 7) is 6.46. The van der Waals surface area contributed by atoms with Crippen LogP contribution in [0.1, 0.15) is 50.2 Å². The zero-order chi connectivity index (χ0) is 31.9. The van der Waals surface area contributed by atoms with E-state index < -0.39 is 0 Å². The number of aliphatic imine (C=N–C) groups is 1. The van der Waals surface area contributed by atoms with E-state index in [1.807, 2.05) is 6.07 Å². The van der Waals surface area contributed by atoms with Crippen molar-refractivity contribution in [1.82, 2.24) is 0 Å². The fourth-order valence-corrected chi connectivity index (χ4v) is 7.12. The van der Waals surface area contributed by atoms with E-state index in [1.165, 1.54) is 34.6 Å². The van der Waals surface area contributed by atoms with E-state index in [2.05, 4.69) is 152 Å². The molecular weight excluding hydrogens is 602 g/mol. The molecule has 5 heteroatoms. The maximum absolute atomic E-state index is 7.49. The van der Waals surface area contributed by atoms with Crippen molar-refractivity contribution in [3.8, 4) is 0 Å². The molecule has 0 fully saturated rings. The third-order valence-corrected chi connectivity index (χ3v) is 10.0. The summed E-state index contributed by atoms with van der Waals surface area (Å²) in [6, 6.07) is 42.5. The standard InChI is InChI=1S/C41H40ClN3S/c1-4-40(43-36-24-15-14-17-30(36)2)46-39-28-27-35(29-31(39)3)45(34-22-12-7-13-23-34)38-26-16-25-37(41(38)42)44(32-18-8-5-9-19-32)33-20-10-6-11-21-33/h5,7-9,12-20,22-29H,4,6,10-11,21H2,1-3H3/b43-40+. The number of hydrogen-bond donors (Lipinski definition) is 0. The van der Waals surface area contributed by atoms with Gasteiger partial charge in [-0.25, -0.2) is 4.99 Å². The minimum atomic E-state index is 0.719. The van der Waals surface area contributed by atoms with Gasteiger partial charge in [-0.05, 0) is 118 Å². The number of anilines is 5. The summed E-state index contributed by atoms with van der Waals surface area (Å²) in [7, 11) is 0. The lowest BCUT2D eigenvalue weighted by Crippen LogP contribution is -2.19. The normalized spacial score (nSPS) is 13.3. The molecule has 3 nitrogen and oxygen atoms in total. The molecule has 0 spiro atoms. The predicted molar refractivity (Wildman–Crippen MR) is 200 cm³/mol. The number of para-hydroxylation sites is 3. The van der Waals surface area contributed by atoms with Gasteiger partial charge in [-0.3, -0.25) is 0 Å².